The summed E-state index contributed by atoms with van der Waals surface area (Å²) < 4.78 is 6.31. The SMILES string of the molecule is CC1(C)c2ccccc2-c2ccc(N(c3ccc(-c4ccccc4)cc3)c3ccc(-c4ccc(N(c5ccccc5)c5ccc6c(c5)oc5ccccc56)cc4)cc3)cc21. The zero-order chi connectivity index (χ0) is 40.2. The Labute approximate surface area is 351 Å². The molecule has 11 rings (SSSR count). The van der Waals surface area contributed by atoms with Crippen LogP contribution in [0.4, 0.5) is 34.1 Å². The maximum atomic E-state index is 6.31. The lowest BCUT2D eigenvalue weighted by atomic mass is 9.82. The number of para-hydroxylation sites is 2. The summed E-state index contributed by atoms with van der Waals surface area (Å²) in [6.45, 7) is 4.69. The molecule has 286 valence electrons. The van der Waals surface area contributed by atoms with E-state index in [1.807, 2.05) is 12.1 Å². The van der Waals surface area contributed by atoms with Crippen LogP contribution in [0.25, 0.3) is 55.3 Å². The fourth-order valence-corrected chi connectivity index (χ4v) is 9.20. The van der Waals surface area contributed by atoms with E-state index in [0.717, 1.165) is 67.2 Å². The zero-order valence-corrected chi connectivity index (χ0v) is 33.6. The van der Waals surface area contributed by atoms with Crippen LogP contribution in [-0.4, -0.2) is 0 Å². The summed E-state index contributed by atoms with van der Waals surface area (Å²) in [6, 6.07) is 78.5. The van der Waals surface area contributed by atoms with Crippen LogP contribution in [0.5, 0.6) is 0 Å². The minimum Gasteiger partial charge on any atom is -0.456 e. The van der Waals surface area contributed by atoms with Crippen molar-refractivity contribution >= 4 is 56.1 Å². The largest absolute Gasteiger partial charge is 0.456 e. The molecule has 3 heteroatoms. The summed E-state index contributed by atoms with van der Waals surface area (Å²) >= 11 is 0. The molecule has 3 nitrogen and oxygen atoms in total. The Morgan fingerprint density at radius 2 is 0.750 bits per heavy atom. The van der Waals surface area contributed by atoms with E-state index < -0.39 is 0 Å². The lowest BCUT2D eigenvalue weighted by Gasteiger charge is -2.28. The van der Waals surface area contributed by atoms with Crippen molar-refractivity contribution in [3.63, 3.8) is 0 Å². The van der Waals surface area contributed by atoms with Gasteiger partial charge in [0.15, 0.2) is 0 Å². The first kappa shape index (κ1) is 35.5. The smallest absolute Gasteiger partial charge is 0.137 e. The molecule has 0 bridgehead atoms. The first-order valence-electron chi connectivity index (χ1n) is 20.7. The van der Waals surface area contributed by atoms with Gasteiger partial charge in [-0.1, -0.05) is 147 Å². The van der Waals surface area contributed by atoms with Gasteiger partial charge in [-0.15, -0.1) is 0 Å². The maximum Gasteiger partial charge on any atom is 0.137 e. The number of anilines is 6. The minimum atomic E-state index is -0.100. The molecule has 0 spiro atoms. The number of hydrogen-bond acceptors (Lipinski definition) is 3. The molecule has 0 atom stereocenters. The van der Waals surface area contributed by atoms with Crippen LogP contribution in [-0.2, 0) is 5.41 Å². The van der Waals surface area contributed by atoms with Gasteiger partial charge < -0.3 is 14.2 Å². The molecule has 60 heavy (non-hydrogen) atoms. The van der Waals surface area contributed by atoms with E-state index >= 15 is 0 Å². The van der Waals surface area contributed by atoms with E-state index in [4.69, 9.17) is 4.42 Å². The molecule has 0 saturated carbocycles. The van der Waals surface area contributed by atoms with Crippen molar-refractivity contribution in [1.82, 2.24) is 0 Å². The van der Waals surface area contributed by atoms with Crippen LogP contribution < -0.4 is 9.80 Å². The van der Waals surface area contributed by atoms with Crippen molar-refractivity contribution in [1.29, 1.82) is 0 Å². The summed E-state index contributed by atoms with van der Waals surface area (Å²) in [4.78, 5) is 4.68. The highest BCUT2D eigenvalue weighted by atomic mass is 16.3. The van der Waals surface area contributed by atoms with Gasteiger partial charge in [0.05, 0.1) is 0 Å². The van der Waals surface area contributed by atoms with Crippen LogP contribution in [0.3, 0.4) is 0 Å². The number of rotatable bonds is 8. The summed E-state index contributed by atoms with van der Waals surface area (Å²) in [5.41, 5.74) is 18.3. The van der Waals surface area contributed by atoms with Gasteiger partial charge in [-0.05, 0) is 123 Å². The average Bonchev–Trinajstić information content (AvgIpc) is 3.79. The van der Waals surface area contributed by atoms with Gasteiger partial charge in [-0.25, -0.2) is 0 Å². The molecule has 1 aliphatic carbocycles. The summed E-state index contributed by atoms with van der Waals surface area (Å²) in [5.74, 6) is 0. The summed E-state index contributed by atoms with van der Waals surface area (Å²) in [5, 5.41) is 2.25. The molecule has 0 aliphatic heterocycles. The van der Waals surface area contributed by atoms with E-state index in [1.165, 1.54) is 33.4 Å². The molecule has 0 radical (unpaired) electrons. The molecule has 0 fully saturated rings. The highest BCUT2D eigenvalue weighted by Gasteiger charge is 2.35. The van der Waals surface area contributed by atoms with Gasteiger partial charge in [0.25, 0.3) is 0 Å². The molecule has 0 amide bonds. The maximum absolute atomic E-state index is 6.31. The number of benzene rings is 9. The molecule has 1 heterocycles. The number of furan rings is 1. The van der Waals surface area contributed by atoms with E-state index in [2.05, 4.69) is 230 Å². The van der Waals surface area contributed by atoms with Crippen molar-refractivity contribution in [2.45, 2.75) is 19.3 Å². The minimum absolute atomic E-state index is 0.100. The van der Waals surface area contributed by atoms with Crippen molar-refractivity contribution < 1.29 is 4.42 Å². The zero-order valence-electron chi connectivity index (χ0n) is 33.6. The Hall–Kier alpha value is -7.62. The monoisotopic (exact) mass is 770 g/mol. The lowest BCUT2D eigenvalue weighted by Crippen LogP contribution is -2.16. The molecular weight excluding hydrogens is 729 g/mol. The standard InChI is InChI=1S/C57H42N2O/c1-57(2)53-19-11-9-17-49(53)50-35-33-47(37-54(50)57)59(45-27-21-40(22-28-45)39-13-5-3-6-14-39)46-31-25-42(26-32-46)41-23-29-44(30-24-41)58(43-15-7-4-8-16-43)48-34-36-52-51-18-10-12-20-55(51)60-56(52)38-48/h3-38H,1-2H3. The van der Waals surface area contributed by atoms with Crippen LogP contribution in [0, 0.1) is 0 Å². The fourth-order valence-electron chi connectivity index (χ4n) is 9.20. The second kappa shape index (κ2) is 14.3. The Balaban J connectivity index is 0.943. The third-order valence-electron chi connectivity index (χ3n) is 12.3. The highest BCUT2D eigenvalue weighted by Crippen LogP contribution is 2.51. The van der Waals surface area contributed by atoms with Crippen LogP contribution in [0.2, 0.25) is 0 Å². The van der Waals surface area contributed by atoms with Gasteiger partial charge in [0, 0.05) is 56.4 Å². The van der Waals surface area contributed by atoms with Gasteiger partial charge in [-0.2, -0.15) is 0 Å². The molecule has 1 aromatic heterocycles. The lowest BCUT2D eigenvalue weighted by molar-refractivity contribution is 0.660. The number of nitrogens with zero attached hydrogens (tertiary/aromatic N) is 2. The Bertz CT molecular complexity index is 3150. The summed E-state index contributed by atoms with van der Waals surface area (Å²) in [7, 11) is 0. The van der Waals surface area contributed by atoms with E-state index in [9.17, 15) is 0 Å². The number of fused-ring (bicyclic) bond motifs is 6. The second-order valence-electron chi connectivity index (χ2n) is 16.2. The molecule has 0 saturated heterocycles. The quantitative estimate of drug-likeness (QED) is 0.153. The molecule has 0 N–H and O–H groups in total. The Morgan fingerprint density at radius 3 is 1.38 bits per heavy atom. The molecule has 10 aromatic rings. The first-order chi connectivity index (χ1) is 29.5. The number of hydrogen-bond donors (Lipinski definition) is 0. The van der Waals surface area contributed by atoms with Crippen molar-refractivity contribution in [2.24, 2.45) is 0 Å². The molecule has 0 unspecified atom stereocenters. The molecular formula is C57H42N2O. The van der Waals surface area contributed by atoms with Gasteiger partial charge >= 0.3 is 0 Å². The third kappa shape index (κ3) is 6.06. The van der Waals surface area contributed by atoms with E-state index in [0.29, 0.717) is 0 Å². The Morgan fingerprint density at radius 1 is 0.317 bits per heavy atom. The van der Waals surface area contributed by atoms with Crippen molar-refractivity contribution in [3.8, 4) is 33.4 Å². The van der Waals surface area contributed by atoms with Crippen molar-refractivity contribution in [3.05, 3.63) is 230 Å². The van der Waals surface area contributed by atoms with Crippen LogP contribution in [0.1, 0.15) is 25.0 Å². The van der Waals surface area contributed by atoms with Gasteiger partial charge in [0.1, 0.15) is 11.2 Å². The second-order valence-corrected chi connectivity index (χ2v) is 16.2. The van der Waals surface area contributed by atoms with Gasteiger partial charge in [-0.3, -0.25) is 0 Å². The predicted octanol–water partition coefficient (Wildman–Crippen LogP) is 16.2. The third-order valence-corrected chi connectivity index (χ3v) is 12.3. The van der Waals surface area contributed by atoms with Gasteiger partial charge in [0.2, 0.25) is 0 Å². The van der Waals surface area contributed by atoms with Crippen LogP contribution >= 0.6 is 0 Å². The highest BCUT2D eigenvalue weighted by molar-refractivity contribution is 6.06. The van der Waals surface area contributed by atoms with E-state index in [1.54, 1.807) is 0 Å². The van der Waals surface area contributed by atoms with Crippen LogP contribution in [0.15, 0.2) is 223 Å². The molecule has 9 aromatic carbocycles. The fraction of sp³-hybridized carbons (Fsp3) is 0.0526. The molecule has 1 aliphatic rings. The summed E-state index contributed by atoms with van der Waals surface area (Å²) in [6.07, 6.45) is 0. The van der Waals surface area contributed by atoms with E-state index in [-0.39, 0.29) is 5.41 Å². The Kier molecular flexibility index (Phi) is 8.49. The van der Waals surface area contributed by atoms with Crippen molar-refractivity contribution in [2.75, 3.05) is 9.80 Å². The topological polar surface area (TPSA) is 19.6 Å². The predicted molar refractivity (Wildman–Crippen MR) is 252 cm³/mol. The average molecular weight is 771 g/mol. The first-order valence-corrected chi connectivity index (χ1v) is 20.7. The normalized spacial score (nSPS) is 12.6.